The minimum absolute atomic E-state index is 0.0170. The Bertz CT molecular complexity index is 950. The molecule has 1 aliphatic carbocycles. The van der Waals surface area contributed by atoms with Crippen molar-refractivity contribution in [2.45, 2.75) is 57.9 Å². The molecule has 34 heavy (non-hydrogen) atoms. The van der Waals surface area contributed by atoms with Gasteiger partial charge in [-0.15, -0.1) is 0 Å². The van der Waals surface area contributed by atoms with E-state index in [4.69, 9.17) is 0 Å². The third-order valence-electron chi connectivity index (χ3n) is 7.01. The lowest BCUT2D eigenvalue weighted by atomic mass is 10.0. The lowest BCUT2D eigenvalue weighted by Gasteiger charge is -2.26. The van der Waals surface area contributed by atoms with E-state index >= 15 is 0 Å². The molecule has 2 aromatic rings. The minimum Gasteiger partial charge on any atom is -0.355 e. The van der Waals surface area contributed by atoms with Crippen molar-refractivity contribution in [2.75, 3.05) is 31.1 Å². The standard InChI is InChI=1S/C28H36FN3O2/c29-25-10-6-7-23(19-25)21-32(28(34)24-8-2-3-9-24)26-13-11-22(12-14-26)20-27(33)30-15-18-31-16-4-1-5-17-31/h6-7,10-14,19,24H,1-5,8-9,15-18,20-21H2,(H,30,33). The first kappa shape index (κ1) is 24.4. The average molecular weight is 466 g/mol. The van der Waals surface area contributed by atoms with E-state index in [0.29, 0.717) is 19.5 Å². The lowest BCUT2D eigenvalue weighted by molar-refractivity contribution is -0.122. The Morgan fingerprint density at radius 1 is 0.941 bits per heavy atom. The maximum atomic E-state index is 13.7. The van der Waals surface area contributed by atoms with Crippen molar-refractivity contribution in [3.63, 3.8) is 0 Å². The molecule has 6 heteroatoms. The van der Waals surface area contributed by atoms with E-state index in [1.807, 2.05) is 30.3 Å². The normalized spacial score (nSPS) is 17.0. The van der Waals surface area contributed by atoms with Crippen molar-refractivity contribution >= 4 is 17.5 Å². The number of nitrogens with one attached hydrogen (secondary N) is 1. The van der Waals surface area contributed by atoms with Gasteiger partial charge in [-0.2, -0.15) is 0 Å². The van der Waals surface area contributed by atoms with Gasteiger partial charge in [0, 0.05) is 24.7 Å². The van der Waals surface area contributed by atoms with Crippen LogP contribution in [0, 0.1) is 11.7 Å². The molecule has 1 N–H and O–H groups in total. The van der Waals surface area contributed by atoms with Crippen LogP contribution < -0.4 is 10.2 Å². The fraction of sp³-hybridized carbons (Fsp3) is 0.500. The van der Waals surface area contributed by atoms with Gasteiger partial charge < -0.3 is 15.1 Å². The summed E-state index contributed by atoms with van der Waals surface area (Å²) in [5.41, 5.74) is 2.47. The van der Waals surface area contributed by atoms with Crippen molar-refractivity contribution < 1.29 is 14.0 Å². The summed E-state index contributed by atoms with van der Waals surface area (Å²) in [6.45, 7) is 4.17. The van der Waals surface area contributed by atoms with Crippen LogP contribution in [0.5, 0.6) is 0 Å². The predicted octanol–water partition coefficient (Wildman–Crippen LogP) is 4.69. The van der Waals surface area contributed by atoms with Gasteiger partial charge in [-0.1, -0.05) is 43.5 Å². The van der Waals surface area contributed by atoms with Crippen LogP contribution in [-0.4, -0.2) is 42.9 Å². The number of piperidine rings is 1. The maximum absolute atomic E-state index is 13.7. The van der Waals surface area contributed by atoms with E-state index in [2.05, 4.69) is 10.2 Å². The lowest BCUT2D eigenvalue weighted by Crippen LogP contribution is -2.38. The highest BCUT2D eigenvalue weighted by Gasteiger charge is 2.28. The van der Waals surface area contributed by atoms with Gasteiger partial charge in [-0.25, -0.2) is 4.39 Å². The van der Waals surface area contributed by atoms with Gasteiger partial charge in [0.15, 0.2) is 0 Å². The Hall–Kier alpha value is -2.73. The molecule has 2 amide bonds. The number of carbonyl (C=O) groups excluding carboxylic acids is 2. The van der Waals surface area contributed by atoms with Crippen molar-refractivity contribution in [1.29, 1.82) is 0 Å². The quantitative estimate of drug-likeness (QED) is 0.584. The van der Waals surface area contributed by atoms with Crippen LogP contribution in [0.25, 0.3) is 0 Å². The van der Waals surface area contributed by atoms with Gasteiger partial charge in [0.25, 0.3) is 0 Å². The molecule has 0 atom stereocenters. The van der Waals surface area contributed by atoms with Gasteiger partial charge in [0.05, 0.1) is 13.0 Å². The second-order valence-electron chi connectivity index (χ2n) is 9.63. The van der Waals surface area contributed by atoms with E-state index in [0.717, 1.165) is 62.1 Å². The van der Waals surface area contributed by atoms with Crippen molar-refractivity contribution in [3.05, 3.63) is 65.5 Å². The zero-order valence-corrected chi connectivity index (χ0v) is 20.0. The summed E-state index contributed by atoms with van der Waals surface area (Å²) in [7, 11) is 0. The number of carbonyl (C=O) groups is 2. The van der Waals surface area contributed by atoms with E-state index in [1.165, 1.54) is 31.4 Å². The van der Waals surface area contributed by atoms with E-state index in [1.54, 1.807) is 11.0 Å². The molecule has 182 valence electrons. The summed E-state index contributed by atoms with van der Waals surface area (Å²) in [5, 5.41) is 3.03. The van der Waals surface area contributed by atoms with Gasteiger partial charge in [-0.05, 0) is 74.2 Å². The van der Waals surface area contributed by atoms with E-state index in [9.17, 15) is 14.0 Å². The number of benzene rings is 2. The third kappa shape index (κ3) is 6.89. The fourth-order valence-electron chi connectivity index (χ4n) is 5.09. The van der Waals surface area contributed by atoms with Crippen LogP contribution in [0.15, 0.2) is 48.5 Å². The number of amides is 2. The van der Waals surface area contributed by atoms with Gasteiger partial charge in [-0.3, -0.25) is 9.59 Å². The summed E-state index contributed by atoms with van der Waals surface area (Å²) in [6, 6.07) is 14.1. The zero-order valence-electron chi connectivity index (χ0n) is 20.0. The number of nitrogens with zero attached hydrogens (tertiary/aromatic N) is 2. The summed E-state index contributed by atoms with van der Waals surface area (Å²) >= 11 is 0. The van der Waals surface area contributed by atoms with Crippen LogP contribution in [0.4, 0.5) is 10.1 Å². The molecule has 1 saturated carbocycles. The largest absolute Gasteiger partial charge is 0.355 e. The second kappa shape index (κ2) is 12.1. The van der Waals surface area contributed by atoms with Crippen LogP contribution in [0.1, 0.15) is 56.1 Å². The monoisotopic (exact) mass is 465 g/mol. The van der Waals surface area contributed by atoms with Crippen molar-refractivity contribution in [2.24, 2.45) is 5.92 Å². The first-order valence-corrected chi connectivity index (χ1v) is 12.7. The first-order valence-electron chi connectivity index (χ1n) is 12.7. The predicted molar refractivity (Wildman–Crippen MR) is 133 cm³/mol. The summed E-state index contributed by atoms with van der Waals surface area (Å²) in [5.74, 6) is -0.153. The molecule has 0 unspecified atom stereocenters. The summed E-state index contributed by atoms with van der Waals surface area (Å²) in [4.78, 5) is 29.9. The molecule has 0 spiro atoms. The van der Waals surface area contributed by atoms with Crippen LogP contribution in [0.2, 0.25) is 0 Å². The molecule has 1 heterocycles. The van der Waals surface area contributed by atoms with Crippen LogP contribution >= 0.6 is 0 Å². The molecule has 1 saturated heterocycles. The maximum Gasteiger partial charge on any atom is 0.230 e. The third-order valence-corrected chi connectivity index (χ3v) is 7.01. The SMILES string of the molecule is O=C(Cc1ccc(N(Cc2cccc(F)c2)C(=O)C2CCCC2)cc1)NCCN1CCCCC1. The smallest absolute Gasteiger partial charge is 0.230 e. The number of rotatable bonds is 9. The Morgan fingerprint density at radius 2 is 1.68 bits per heavy atom. The molecule has 0 aromatic heterocycles. The van der Waals surface area contributed by atoms with Crippen LogP contribution in [0.3, 0.4) is 0 Å². The molecule has 0 radical (unpaired) electrons. The molecule has 2 aromatic carbocycles. The Morgan fingerprint density at radius 3 is 2.38 bits per heavy atom. The summed E-state index contributed by atoms with van der Waals surface area (Å²) in [6.07, 6.45) is 8.11. The fourth-order valence-corrected chi connectivity index (χ4v) is 5.09. The molecule has 0 bridgehead atoms. The molecule has 1 aliphatic heterocycles. The zero-order chi connectivity index (χ0) is 23.8. The number of anilines is 1. The van der Waals surface area contributed by atoms with E-state index in [-0.39, 0.29) is 23.5 Å². The average Bonchev–Trinajstić information content (AvgIpc) is 3.39. The van der Waals surface area contributed by atoms with Crippen LogP contribution in [-0.2, 0) is 22.6 Å². The summed E-state index contributed by atoms with van der Waals surface area (Å²) < 4.78 is 13.7. The number of hydrogen-bond acceptors (Lipinski definition) is 3. The first-order chi connectivity index (χ1) is 16.6. The highest BCUT2D eigenvalue weighted by Crippen LogP contribution is 2.30. The highest BCUT2D eigenvalue weighted by molar-refractivity contribution is 5.95. The minimum atomic E-state index is -0.299. The molecular weight excluding hydrogens is 429 g/mol. The van der Waals surface area contributed by atoms with Crippen molar-refractivity contribution in [3.8, 4) is 0 Å². The van der Waals surface area contributed by atoms with Gasteiger partial charge in [0.2, 0.25) is 11.8 Å². The second-order valence-corrected chi connectivity index (χ2v) is 9.63. The van der Waals surface area contributed by atoms with Crippen molar-refractivity contribution in [1.82, 2.24) is 10.2 Å². The number of likely N-dealkylation sites (tertiary alicyclic amines) is 1. The highest BCUT2D eigenvalue weighted by atomic mass is 19.1. The Kier molecular flexibility index (Phi) is 8.69. The molecular formula is C28H36FN3O2. The Balaban J connectivity index is 1.36. The van der Waals surface area contributed by atoms with Gasteiger partial charge >= 0.3 is 0 Å². The Labute approximate surface area is 202 Å². The topological polar surface area (TPSA) is 52.7 Å². The molecule has 2 fully saturated rings. The molecule has 2 aliphatic rings. The number of hydrogen-bond donors (Lipinski definition) is 1. The van der Waals surface area contributed by atoms with Gasteiger partial charge in [0.1, 0.15) is 5.82 Å². The van der Waals surface area contributed by atoms with E-state index < -0.39 is 0 Å². The number of halogens is 1. The molecule has 4 rings (SSSR count). The molecule has 5 nitrogen and oxygen atoms in total.